The number of hydrogen-bond acceptors (Lipinski definition) is 1. The summed E-state index contributed by atoms with van der Waals surface area (Å²) in [7, 11) is 0. The van der Waals surface area contributed by atoms with Crippen molar-refractivity contribution in [2.75, 3.05) is 0 Å². The molecular formula is C12H14O. The fourth-order valence-electron chi connectivity index (χ4n) is 1.19. The van der Waals surface area contributed by atoms with Gasteiger partial charge in [0.1, 0.15) is 0 Å². The van der Waals surface area contributed by atoms with E-state index in [0.29, 0.717) is 0 Å². The smallest absolute Gasteiger partial charge is 0.181 e. The van der Waals surface area contributed by atoms with E-state index in [1.165, 1.54) is 0 Å². The van der Waals surface area contributed by atoms with Gasteiger partial charge < -0.3 is 0 Å². The van der Waals surface area contributed by atoms with Crippen molar-refractivity contribution >= 4 is 0 Å². The zero-order chi connectivity index (χ0) is 9.68. The molecule has 68 valence electrons. The lowest BCUT2D eigenvalue weighted by Crippen LogP contribution is -2.01. The second-order valence-electron chi connectivity index (χ2n) is 3.01. The summed E-state index contributed by atoms with van der Waals surface area (Å²) in [6.45, 7) is 3.86. The SMILES string of the molecule is C/C=C\Cc1ccccc(=O)c1C. The Kier molecular flexibility index (Phi) is 3.44. The Hall–Kier alpha value is -1.37. The molecule has 0 fully saturated rings. The molecule has 0 N–H and O–H groups in total. The van der Waals surface area contributed by atoms with Crippen LogP contribution in [0.25, 0.3) is 0 Å². The zero-order valence-electron chi connectivity index (χ0n) is 8.08. The molecule has 0 saturated heterocycles. The molecule has 0 aliphatic carbocycles. The predicted octanol–water partition coefficient (Wildman–Crippen LogP) is 2.47. The van der Waals surface area contributed by atoms with Crippen molar-refractivity contribution in [1.82, 2.24) is 0 Å². The highest BCUT2D eigenvalue weighted by Gasteiger charge is 1.96. The van der Waals surface area contributed by atoms with Crippen LogP contribution >= 0.6 is 0 Å². The Bertz CT molecular complexity index is 364. The zero-order valence-corrected chi connectivity index (χ0v) is 8.08. The first-order valence-corrected chi connectivity index (χ1v) is 4.45. The Labute approximate surface area is 78.7 Å². The third-order valence-electron chi connectivity index (χ3n) is 2.08. The van der Waals surface area contributed by atoms with E-state index in [0.717, 1.165) is 17.5 Å². The number of hydrogen-bond donors (Lipinski definition) is 0. The molecule has 0 radical (unpaired) electrons. The summed E-state index contributed by atoms with van der Waals surface area (Å²) in [5.74, 6) is 0. The van der Waals surface area contributed by atoms with Crippen LogP contribution in [-0.4, -0.2) is 0 Å². The summed E-state index contributed by atoms with van der Waals surface area (Å²) in [5, 5.41) is 0. The third-order valence-corrected chi connectivity index (χ3v) is 2.08. The van der Waals surface area contributed by atoms with Crippen molar-refractivity contribution in [2.45, 2.75) is 20.3 Å². The molecule has 1 rings (SSSR count). The second-order valence-corrected chi connectivity index (χ2v) is 3.01. The van der Waals surface area contributed by atoms with E-state index in [1.54, 1.807) is 12.1 Å². The molecule has 0 atom stereocenters. The van der Waals surface area contributed by atoms with Gasteiger partial charge in [0.25, 0.3) is 0 Å². The molecule has 0 aliphatic rings. The van der Waals surface area contributed by atoms with E-state index in [4.69, 9.17) is 0 Å². The summed E-state index contributed by atoms with van der Waals surface area (Å²) >= 11 is 0. The van der Waals surface area contributed by atoms with Gasteiger partial charge in [-0.25, -0.2) is 0 Å². The first kappa shape index (κ1) is 9.72. The number of rotatable bonds is 2. The highest BCUT2D eigenvalue weighted by Crippen LogP contribution is 2.02. The Morgan fingerprint density at radius 3 is 2.69 bits per heavy atom. The lowest BCUT2D eigenvalue weighted by Gasteiger charge is -1.95. The van der Waals surface area contributed by atoms with Gasteiger partial charge in [0, 0.05) is 0 Å². The average molecular weight is 174 g/mol. The Morgan fingerprint density at radius 2 is 2.00 bits per heavy atom. The minimum absolute atomic E-state index is 0.115. The van der Waals surface area contributed by atoms with Gasteiger partial charge in [-0.15, -0.1) is 0 Å². The van der Waals surface area contributed by atoms with Crippen LogP contribution in [0, 0.1) is 6.92 Å². The van der Waals surface area contributed by atoms with E-state index < -0.39 is 0 Å². The lowest BCUT2D eigenvalue weighted by molar-refractivity contribution is 1.21. The standard InChI is InChI=1S/C12H14O/c1-3-4-7-11-8-5-6-9-12(13)10(11)2/h3-6,8-9H,7H2,1-2H3/b4-3-. The van der Waals surface area contributed by atoms with Gasteiger partial charge in [0.2, 0.25) is 0 Å². The fourth-order valence-corrected chi connectivity index (χ4v) is 1.19. The Balaban J connectivity index is 3.16. The fraction of sp³-hybridized carbons (Fsp3) is 0.250. The molecule has 0 aromatic heterocycles. The largest absolute Gasteiger partial charge is 0.290 e. The molecular weight excluding hydrogens is 160 g/mol. The van der Waals surface area contributed by atoms with Crippen LogP contribution in [0.15, 0.2) is 41.2 Å². The van der Waals surface area contributed by atoms with Crippen molar-refractivity contribution in [3.8, 4) is 0 Å². The van der Waals surface area contributed by atoms with Crippen LogP contribution in [0.1, 0.15) is 18.1 Å². The van der Waals surface area contributed by atoms with Gasteiger partial charge in [0.15, 0.2) is 5.43 Å². The molecule has 0 spiro atoms. The van der Waals surface area contributed by atoms with Crippen LogP contribution < -0.4 is 5.43 Å². The molecule has 13 heavy (non-hydrogen) atoms. The van der Waals surface area contributed by atoms with Gasteiger partial charge in [-0.2, -0.15) is 0 Å². The van der Waals surface area contributed by atoms with Crippen molar-refractivity contribution in [3.63, 3.8) is 0 Å². The monoisotopic (exact) mass is 174 g/mol. The molecule has 0 unspecified atom stereocenters. The van der Waals surface area contributed by atoms with Crippen molar-refractivity contribution in [3.05, 3.63) is 57.8 Å². The van der Waals surface area contributed by atoms with Gasteiger partial charge in [-0.05, 0) is 37.5 Å². The van der Waals surface area contributed by atoms with Crippen molar-refractivity contribution in [1.29, 1.82) is 0 Å². The topological polar surface area (TPSA) is 17.1 Å². The molecule has 1 aromatic carbocycles. The van der Waals surface area contributed by atoms with Crippen LogP contribution in [-0.2, 0) is 6.42 Å². The molecule has 0 aliphatic heterocycles. The minimum atomic E-state index is 0.115. The van der Waals surface area contributed by atoms with E-state index in [9.17, 15) is 4.79 Å². The Morgan fingerprint density at radius 1 is 1.31 bits per heavy atom. The quantitative estimate of drug-likeness (QED) is 0.629. The molecule has 0 bridgehead atoms. The lowest BCUT2D eigenvalue weighted by atomic mass is 10.1. The van der Waals surface area contributed by atoms with Crippen LogP contribution in [0.2, 0.25) is 0 Å². The van der Waals surface area contributed by atoms with E-state index >= 15 is 0 Å². The average Bonchev–Trinajstić information content (AvgIpc) is 2.28. The maximum Gasteiger partial charge on any atom is 0.181 e. The molecule has 0 amide bonds. The first-order chi connectivity index (χ1) is 6.25. The molecule has 1 nitrogen and oxygen atoms in total. The highest BCUT2D eigenvalue weighted by molar-refractivity contribution is 5.26. The molecule has 1 heteroatoms. The van der Waals surface area contributed by atoms with Gasteiger partial charge in [-0.1, -0.05) is 30.4 Å². The summed E-state index contributed by atoms with van der Waals surface area (Å²) < 4.78 is 0. The maximum atomic E-state index is 11.4. The maximum absolute atomic E-state index is 11.4. The van der Waals surface area contributed by atoms with E-state index in [1.807, 2.05) is 32.1 Å². The molecule has 0 heterocycles. The first-order valence-electron chi connectivity index (χ1n) is 4.45. The predicted molar refractivity (Wildman–Crippen MR) is 56.0 cm³/mol. The van der Waals surface area contributed by atoms with E-state index in [-0.39, 0.29) is 5.43 Å². The third kappa shape index (κ3) is 2.55. The number of allylic oxidation sites excluding steroid dienone is 2. The van der Waals surface area contributed by atoms with Crippen molar-refractivity contribution < 1.29 is 0 Å². The minimum Gasteiger partial charge on any atom is -0.290 e. The summed E-state index contributed by atoms with van der Waals surface area (Å²) in [5.41, 5.74) is 2.07. The summed E-state index contributed by atoms with van der Waals surface area (Å²) in [6.07, 6.45) is 4.89. The highest BCUT2D eigenvalue weighted by atomic mass is 16.1. The molecule has 0 saturated carbocycles. The normalized spacial score (nSPS) is 10.6. The van der Waals surface area contributed by atoms with Gasteiger partial charge >= 0.3 is 0 Å². The molecule has 1 aromatic rings. The van der Waals surface area contributed by atoms with Crippen LogP contribution in [0.5, 0.6) is 0 Å². The summed E-state index contributed by atoms with van der Waals surface area (Å²) in [6, 6.07) is 7.30. The van der Waals surface area contributed by atoms with Gasteiger partial charge in [0.05, 0.1) is 0 Å². The van der Waals surface area contributed by atoms with Crippen molar-refractivity contribution in [2.24, 2.45) is 0 Å². The van der Waals surface area contributed by atoms with Gasteiger partial charge in [-0.3, -0.25) is 4.79 Å². The second kappa shape index (κ2) is 4.61. The van der Waals surface area contributed by atoms with E-state index in [2.05, 4.69) is 6.08 Å². The van der Waals surface area contributed by atoms with Crippen LogP contribution in [0.4, 0.5) is 0 Å². The van der Waals surface area contributed by atoms with Crippen LogP contribution in [0.3, 0.4) is 0 Å². The summed E-state index contributed by atoms with van der Waals surface area (Å²) in [4.78, 5) is 11.4.